The van der Waals surface area contributed by atoms with Crippen LogP contribution in [0.5, 0.6) is 11.5 Å². The van der Waals surface area contributed by atoms with Crippen LogP contribution in [-0.4, -0.2) is 27.1 Å². The van der Waals surface area contributed by atoms with Gasteiger partial charge in [-0.1, -0.05) is 18.2 Å². The Bertz CT molecular complexity index is 1060. The van der Waals surface area contributed by atoms with E-state index in [9.17, 15) is 13.2 Å². The summed E-state index contributed by atoms with van der Waals surface area (Å²) in [4.78, 5) is 12.5. The third kappa shape index (κ3) is 5.36. The van der Waals surface area contributed by atoms with Crippen molar-refractivity contribution in [2.75, 3.05) is 22.4 Å². The molecule has 0 fully saturated rings. The minimum absolute atomic E-state index is 0.282. The van der Waals surface area contributed by atoms with Gasteiger partial charge in [0, 0.05) is 17.8 Å². The second-order valence-corrected chi connectivity index (χ2v) is 8.28. The molecule has 150 valence electrons. The smallest absolute Gasteiger partial charge is 0.255 e. The number of anilines is 2. The summed E-state index contributed by atoms with van der Waals surface area (Å²) in [7, 11) is -3.36. The fourth-order valence-electron chi connectivity index (χ4n) is 2.82. The van der Waals surface area contributed by atoms with E-state index in [1.165, 1.54) is 4.31 Å². The van der Waals surface area contributed by atoms with Crippen LogP contribution in [0, 0.1) is 0 Å². The molecule has 0 saturated heterocycles. The van der Waals surface area contributed by atoms with E-state index in [0.29, 0.717) is 29.2 Å². The summed E-state index contributed by atoms with van der Waals surface area (Å²) >= 11 is 0. The number of rotatable bonds is 7. The Morgan fingerprint density at radius 1 is 0.897 bits per heavy atom. The summed E-state index contributed by atoms with van der Waals surface area (Å²) in [6.07, 6.45) is 1.16. The molecule has 0 aliphatic rings. The first-order valence-electron chi connectivity index (χ1n) is 9.09. The van der Waals surface area contributed by atoms with Gasteiger partial charge in [0.15, 0.2) is 0 Å². The highest BCUT2D eigenvalue weighted by molar-refractivity contribution is 7.92. The largest absolute Gasteiger partial charge is 0.457 e. The highest BCUT2D eigenvalue weighted by Gasteiger charge is 2.15. The predicted molar refractivity (Wildman–Crippen MR) is 115 cm³/mol. The molecule has 3 rings (SSSR count). The van der Waals surface area contributed by atoms with Gasteiger partial charge in [-0.25, -0.2) is 8.42 Å². The predicted octanol–water partition coefficient (Wildman–Crippen LogP) is 4.52. The van der Waals surface area contributed by atoms with Crippen LogP contribution in [0.1, 0.15) is 17.3 Å². The van der Waals surface area contributed by atoms with Gasteiger partial charge >= 0.3 is 0 Å². The lowest BCUT2D eigenvalue weighted by atomic mass is 10.2. The lowest BCUT2D eigenvalue weighted by molar-refractivity contribution is 0.102. The van der Waals surface area contributed by atoms with Crippen LogP contribution in [0.2, 0.25) is 0 Å². The van der Waals surface area contributed by atoms with Gasteiger partial charge in [-0.05, 0) is 67.6 Å². The maximum Gasteiger partial charge on any atom is 0.255 e. The maximum atomic E-state index is 12.5. The Morgan fingerprint density at radius 2 is 1.48 bits per heavy atom. The van der Waals surface area contributed by atoms with Gasteiger partial charge < -0.3 is 10.1 Å². The van der Waals surface area contributed by atoms with Crippen LogP contribution in [0.15, 0.2) is 78.9 Å². The van der Waals surface area contributed by atoms with E-state index in [1.807, 2.05) is 30.3 Å². The van der Waals surface area contributed by atoms with Gasteiger partial charge in [0.1, 0.15) is 11.5 Å². The molecule has 1 N–H and O–H groups in total. The number of hydrogen-bond acceptors (Lipinski definition) is 4. The molecule has 6 nitrogen and oxygen atoms in total. The molecule has 0 aliphatic carbocycles. The summed E-state index contributed by atoms with van der Waals surface area (Å²) in [6, 6.07) is 22.9. The molecule has 0 aliphatic heterocycles. The standard InChI is InChI=1S/C22H22N2O4S/c1-3-24(29(2,26)27)19-13-9-17(10-14-19)22(25)23-18-11-15-21(16-12-18)28-20-7-5-4-6-8-20/h4-16H,3H2,1-2H3,(H,23,25). The van der Waals surface area contributed by atoms with Gasteiger partial charge in [-0.3, -0.25) is 9.10 Å². The fourth-order valence-corrected chi connectivity index (χ4v) is 3.80. The Kier molecular flexibility index (Phi) is 6.19. The molecule has 0 radical (unpaired) electrons. The summed E-state index contributed by atoms with van der Waals surface area (Å²) < 4.78 is 30.6. The van der Waals surface area contributed by atoms with Crippen LogP contribution in [0.4, 0.5) is 11.4 Å². The first kappa shape index (κ1) is 20.4. The van der Waals surface area contributed by atoms with Crippen molar-refractivity contribution in [3.63, 3.8) is 0 Å². The number of hydrogen-bond donors (Lipinski definition) is 1. The van der Waals surface area contributed by atoms with Crippen molar-refractivity contribution in [3.05, 3.63) is 84.4 Å². The minimum atomic E-state index is -3.36. The monoisotopic (exact) mass is 410 g/mol. The van der Waals surface area contributed by atoms with Crippen molar-refractivity contribution >= 4 is 27.3 Å². The zero-order valence-corrected chi connectivity index (χ0v) is 17.0. The lowest BCUT2D eigenvalue weighted by Crippen LogP contribution is -2.29. The molecule has 7 heteroatoms. The molecule has 3 aromatic carbocycles. The number of carbonyl (C=O) groups is 1. The second kappa shape index (κ2) is 8.79. The number of sulfonamides is 1. The molecule has 0 aromatic heterocycles. The van der Waals surface area contributed by atoms with Crippen molar-refractivity contribution in [1.82, 2.24) is 0 Å². The van der Waals surface area contributed by atoms with Crippen LogP contribution < -0.4 is 14.4 Å². The second-order valence-electron chi connectivity index (χ2n) is 6.37. The van der Waals surface area contributed by atoms with Crippen LogP contribution in [0.3, 0.4) is 0 Å². The van der Waals surface area contributed by atoms with E-state index in [4.69, 9.17) is 4.74 Å². The van der Waals surface area contributed by atoms with E-state index in [2.05, 4.69) is 5.32 Å². The number of amides is 1. The number of para-hydroxylation sites is 1. The SMILES string of the molecule is CCN(c1ccc(C(=O)Nc2ccc(Oc3ccccc3)cc2)cc1)S(C)(=O)=O. The van der Waals surface area contributed by atoms with E-state index in [0.717, 1.165) is 12.0 Å². The van der Waals surface area contributed by atoms with Crippen molar-refractivity contribution in [3.8, 4) is 11.5 Å². The topological polar surface area (TPSA) is 75.7 Å². The van der Waals surface area contributed by atoms with Crippen LogP contribution >= 0.6 is 0 Å². The summed E-state index contributed by atoms with van der Waals surface area (Å²) in [5.74, 6) is 1.12. The summed E-state index contributed by atoms with van der Waals surface area (Å²) in [5.41, 5.74) is 1.59. The van der Waals surface area contributed by atoms with Crippen molar-refractivity contribution in [2.45, 2.75) is 6.92 Å². The molecule has 0 saturated carbocycles. The third-order valence-electron chi connectivity index (χ3n) is 4.20. The molecule has 0 bridgehead atoms. The Morgan fingerprint density at radius 3 is 2.03 bits per heavy atom. The maximum absolute atomic E-state index is 12.5. The highest BCUT2D eigenvalue weighted by atomic mass is 32.2. The van der Waals surface area contributed by atoms with Gasteiger partial charge in [0.25, 0.3) is 5.91 Å². The molecule has 0 unspecified atom stereocenters. The molecular weight excluding hydrogens is 388 g/mol. The number of benzene rings is 3. The zero-order chi connectivity index (χ0) is 20.9. The number of nitrogens with zero attached hydrogens (tertiary/aromatic N) is 1. The molecule has 0 atom stereocenters. The number of nitrogens with one attached hydrogen (secondary N) is 1. The van der Waals surface area contributed by atoms with E-state index < -0.39 is 10.0 Å². The first-order valence-corrected chi connectivity index (χ1v) is 10.9. The summed E-state index contributed by atoms with van der Waals surface area (Å²) in [6.45, 7) is 2.08. The van der Waals surface area contributed by atoms with Crippen molar-refractivity contribution < 1.29 is 17.9 Å². The zero-order valence-electron chi connectivity index (χ0n) is 16.2. The third-order valence-corrected chi connectivity index (χ3v) is 5.47. The Hall–Kier alpha value is -3.32. The van der Waals surface area contributed by atoms with Gasteiger partial charge in [-0.15, -0.1) is 0 Å². The molecular formula is C22H22N2O4S. The fraction of sp³-hybridized carbons (Fsp3) is 0.136. The van der Waals surface area contributed by atoms with Gasteiger partial charge in [0.05, 0.1) is 11.9 Å². The normalized spacial score (nSPS) is 11.0. The van der Waals surface area contributed by atoms with Gasteiger partial charge in [0.2, 0.25) is 10.0 Å². The quantitative estimate of drug-likeness (QED) is 0.621. The molecule has 1 amide bonds. The highest BCUT2D eigenvalue weighted by Crippen LogP contribution is 2.23. The molecule has 3 aromatic rings. The number of ether oxygens (including phenoxy) is 1. The molecule has 0 spiro atoms. The van der Waals surface area contributed by atoms with Crippen LogP contribution in [0.25, 0.3) is 0 Å². The van der Waals surface area contributed by atoms with Gasteiger partial charge in [-0.2, -0.15) is 0 Å². The van der Waals surface area contributed by atoms with E-state index in [1.54, 1.807) is 55.5 Å². The minimum Gasteiger partial charge on any atom is -0.457 e. The van der Waals surface area contributed by atoms with Crippen molar-refractivity contribution in [1.29, 1.82) is 0 Å². The molecule has 0 heterocycles. The Labute approximate surface area is 170 Å². The van der Waals surface area contributed by atoms with Crippen molar-refractivity contribution in [2.24, 2.45) is 0 Å². The number of carbonyl (C=O) groups excluding carboxylic acids is 1. The summed E-state index contributed by atoms with van der Waals surface area (Å²) in [5, 5.41) is 2.82. The first-order chi connectivity index (χ1) is 13.9. The van der Waals surface area contributed by atoms with E-state index in [-0.39, 0.29) is 5.91 Å². The molecule has 29 heavy (non-hydrogen) atoms. The Balaban J connectivity index is 1.65. The van der Waals surface area contributed by atoms with Crippen LogP contribution in [-0.2, 0) is 10.0 Å². The van der Waals surface area contributed by atoms with E-state index >= 15 is 0 Å². The average Bonchev–Trinajstić information content (AvgIpc) is 2.70. The lowest BCUT2D eigenvalue weighted by Gasteiger charge is -2.20. The average molecular weight is 410 g/mol.